The number of rotatable bonds is 5. The van der Waals surface area contributed by atoms with E-state index in [2.05, 4.69) is 5.32 Å². The van der Waals surface area contributed by atoms with Crippen molar-refractivity contribution >= 4 is 5.91 Å². The van der Waals surface area contributed by atoms with Gasteiger partial charge in [-0.25, -0.2) is 8.78 Å². The van der Waals surface area contributed by atoms with E-state index in [0.29, 0.717) is 6.42 Å². The number of hydrogen-bond acceptors (Lipinski definition) is 2. The van der Waals surface area contributed by atoms with Crippen LogP contribution >= 0.6 is 0 Å². The zero-order chi connectivity index (χ0) is 15.3. The van der Waals surface area contributed by atoms with Crippen LogP contribution in [0.25, 0.3) is 0 Å². The first-order valence-corrected chi connectivity index (χ1v) is 6.62. The second-order valence-corrected chi connectivity index (χ2v) is 5.92. The summed E-state index contributed by atoms with van der Waals surface area (Å²) in [6.45, 7) is 5.92. The minimum Gasteiger partial charge on any atom is -0.351 e. The summed E-state index contributed by atoms with van der Waals surface area (Å²) in [5.41, 5.74) is 6.13. The summed E-state index contributed by atoms with van der Waals surface area (Å²) in [5, 5.41) is 2.88. The number of nitrogens with one attached hydrogen (secondary N) is 1. The summed E-state index contributed by atoms with van der Waals surface area (Å²) >= 11 is 0. The van der Waals surface area contributed by atoms with Crippen molar-refractivity contribution in [3.8, 4) is 0 Å². The van der Waals surface area contributed by atoms with E-state index in [1.165, 1.54) is 12.1 Å². The third kappa shape index (κ3) is 5.25. The maximum absolute atomic E-state index is 12.5. The number of alkyl halides is 2. The lowest BCUT2D eigenvalue weighted by Gasteiger charge is -2.24. The summed E-state index contributed by atoms with van der Waals surface area (Å²) < 4.78 is 24.9. The van der Waals surface area contributed by atoms with E-state index in [9.17, 15) is 13.6 Å². The van der Waals surface area contributed by atoms with Gasteiger partial charge in [-0.15, -0.1) is 0 Å². The van der Waals surface area contributed by atoms with E-state index in [1.807, 2.05) is 20.8 Å². The van der Waals surface area contributed by atoms with Gasteiger partial charge in [-0.2, -0.15) is 0 Å². The van der Waals surface area contributed by atoms with Crippen LogP contribution in [-0.2, 0) is 11.2 Å². The van der Waals surface area contributed by atoms with Crippen molar-refractivity contribution in [3.63, 3.8) is 0 Å². The molecule has 0 aliphatic carbocycles. The second kappa shape index (κ2) is 6.79. The summed E-state index contributed by atoms with van der Waals surface area (Å²) in [6, 6.07) is 6.01. The van der Waals surface area contributed by atoms with Crippen molar-refractivity contribution in [2.75, 3.05) is 6.54 Å². The highest BCUT2D eigenvalue weighted by Crippen LogP contribution is 2.20. The molecular weight excluding hydrogens is 262 g/mol. The SMILES string of the molecule is CC(C)(C)NC(=O)C(CN)Cc1ccc(C(F)F)cc1. The topological polar surface area (TPSA) is 55.1 Å². The third-order valence-electron chi connectivity index (χ3n) is 2.87. The molecule has 20 heavy (non-hydrogen) atoms. The summed E-state index contributed by atoms with van der Waals surface area (Å²) in [5.74, 6) is -0.468. The molecule has 0 saturated heterocycles. The molecule has 0 radical (unpaired) electrons. The van der Waals surface area contributed by atoms with Gasteiger partial charge >= 0.3 is 0 Å². The van der Waals surface area contributed by atoms with Crippen molar-refractivity contribution in [1.82, 2.24) is 5.32 Å². The van der Waals surface area contributed by atoms with Crippen LogP contribution in [0.5, 0.6) is 0 Å². The first-order chi connectivity index (χ1) is 9.23. The van der Waals surface area contributed by atoms with E-state index >= 15 is 0 Å². The van der Waals surface area contributed by atoms with Crippen LogP contribution in [0.2, 0.25) is 0 Å². The van der Waals surface area contributed by atoms with Crippen molar-refractivity contribution in [1.29, 1.82) is 0 Å². The Labute approximate surface area is 118 Å². The van der Waals surface area contributed by atoms with Gasteiger partial charge in [0.2, 0.25) is 5.91 Å². The molecule has 3 N–H and O–H groups in total. The highest BCUT2D eigenvalue weighted by molar-refractivity contribution is 5.79. The molecule has 1 aromatic rings. The quantitative estimate of drug-likeness (QED) is 0.873. The summed E-state index contributed by atoms with van der Waals surface area (Å²) in [7, 11) is 0. The molecule has 0 aliphatic heterocycles. The maximum Gasteiger partial charge on any atom is 0.263 e. The Kier molecular flexibility index (Phi) is 5.62. The Balaban J connectivity index is 2.71. The highest BCUT2D eigenvalue weighted by atomic mass is 19.3. The Morgan fingerprint density at radius 2 is 1.80 bits per heavy atom. The van der Waals surface area contributed by atoms with E-state index in [0.717, 1.165) is 5.56 Å². The van der Waals surface area contributed by atoms with E-state index in [-0.39, 0.29) is 29.5 Å². The standard InChI is InChI=1S/C15H22F2N2O/c1-15(2,3)19-14(20)12(9-18)8-10-4-6-11(7-5-10)13(16)17/h4-7,12-13H,8-9,18H2,1-3H3,(H,19,20). The van der Waals surface area contributed by atoms with Crippen LogP contribution < -0.4 is 11.1 Å². The molecule has 0 aromatic heterocycles. The zero-order valence-corrected chi connectivity index (χ0v) is 12.1. The Morgan fingerprint density at radius 3 is 2.20 bits per heavy atom. The van der Waals surface area contributed by atoms with Crippen molar-refractivity contribution in [3.05, 3.63) is 35.4 Å². The van der Waals surface area contributed by atoms with Crippen LogP contribution in [-0.4, -0.2) is 18.0 Å². The Morgan fingerprint density at radius 1 is 1.25 bits per heavy atom. The fourth-order valence-corrected chi connectivity index (χ4v) is 1.84. The minimum atomic E-state index is -2.47. The van der Waals surface area contributed by atoms with Gasteiger partial charge in [0.25, 0.3) is 6.43 Å². The summed E-state index contributed by atoms with van der Waals surface area (Å²) in [6.07, 6.45) is -2.03. The average Bonchev–Trinajstić information content (AvgIpc) is 2.34. The van der Waals surface area contributed by atoms with Crippen LogP contribution in [0.15, 0.2) is 24.3 Å². The number of carbonyl (C=O) groups is 1. The molecular formula is C15H22F2N2O. The fraction of sp³-hybridized carbons (Fsp3) is 0.533. The van der Waals surface area contributed by atoms with Gasteiger partial charge in [-0.1, -0.05) is 24.3 Å². The number of carbonyl (C=O) groups excluding carboxylic acids is 1. The molecule has 3 nitrogen and oxygen atoms in total. The number of hydrogen-bond donors (Lipinski definition) is 2. The number of benzene rings is 1. The second-order valence-electron chi connectivity index (χ2n) is 5.92. The molecule has 1 rings (SSSR count). The molecule has 1 aromatic carbocycles. The highest BCUT2D eigenvalue weighted by Gasteiger charge is 2.22. The molecule has 5 heteroatoms. The van der Waals surface area contributed by atoms with Gasteiger partial charge in [0.1, 0.15) is 0 Å². The third-order valence-corrected chi connectivity index (χ3v) is 2.87. The van der Waals surface area contributed by atoms with Crippen LogP contribution in [0.4, 0.5) is 8.78 Å². The molecule has 0 aliphatic rings. The van der Waals surface area contributed by atoms with Crippen LogP contribution in [0, 0.1) is 5.92 Å². The Bertz CT molecular complexity index is 438. The molecule has 0 saturated carbocycles. The number of amides is 1. The monoisotopic (exact) mass is 284 g/mol. The van der Waals surface area contributed by atoms with Gasteiger partial charge in [0.05, 0.1) is 5.92 Å². The maximum atomic E-state index is 12.5. The van der Waals surface area contributed by atoms with Crippen LogP contribution in [0.1, 0.15) is 38.3 Å². The van der Waals surface area contributed by atoms with E-state index < -0.39 is 6.43 Å². The Hall–Kier alpha value is -1.49. The largest absolute Gasteiger partial charge is 0.351 e. The molecule has 1 unspecified atom stereocenters. The van der Waals surface area contributed by atoms with E-state index in [4.69, 9.17) is 5.73 Å². The number of nitrogens with two attached hydrogens (primary N) is 1. The molecule has 1 atom stereocenters. The average molecular weight is 284 g/mol. The van der Waals surface area contributed by atoms with Crippen molar-refractivity contribution in [2.45, 2.75) is 39.2 Å². The zero-order valence-electron chi connectivity index (χ0n) is 12.1. The molecule has 0 heterocycles. The summed E-state index contributed by atoms with van der Waals surface area (Å²) in [4.78, 5) is 12.1. The first-order valence-electron chi connectivity index (χ1n) is 6.62. The smallest absolute Gasteiger partial charge is 0.263 e. The fourth-order valence-electron chi connectivity index (χ4n) is 1.84. The normalized spacial score (nSPS) is 13.3. The minimum absolute atomic E-state index is 0.0165. The lowest BCUT2D eigenvalue weighted by atomic mass is 9.96. The van der Waals surface area contributed by atoms with Gasteiger partial charge in [0.15, 0.2) is 0 Å². The molecule has 0 spiro atoms. The molecule has 1 amide bonds. The van der Waals surface area contributed by atoms with Gasteiger partial charge in [0, 0.05) is 17.6 Å². The predicted octanol–water partition coefficient (Wildman–Crippen LogP) is 2.66. The molecule has 0 bridgehead atoms. The van der Waals surface area contributed by atoms with Crippen molar-refractivity contribution < 1.29 is 13.6 Å². The van der Waals surface area contributed by atoms with Gasteiger partial charge < -0.3 is 11.1 Å². The molecule has 0 fully saturated rings. The van der Waals surface area contributed by atoms with E-state index in [1.54, 1.807) is 12.1 Å². The number of halogens is 2. The van der Waals surface area contributed by atoms with Gasteiger partial charge in [-0.3, -0.25) is 4.79 Å². The van der Waals surface area contributed by atoms with Crippen LogP contribution in [0.3, 0.4) is 0 Å². The lowest BCUT2D eigenvalue weighted by molar-refractivity contribution is -0.126. The molecule has 112 valence electrons. The first kappa shape index (κ1) is 16.6. The predicted molar refractivity (Wildman–Crippen MR) is 75.5 cm³/mol. The lowest BCUT2D eigenvalue weighted by Crippen LogP contribution is -2.46. The van der Waals surface area contributed by atoms with Gasteiger partial charge in [-0.05, 0) is 32.8 Å². The van der Waals surface area contributed by atoms with Crippen molar-refractivity contribution in [2.24, 2.45) is 11.7 Å².